The molecule has 106 valence electrons. The number of aromatic nitrogens is 3. The van der Waals surface area contributed by atoms with E-state index in [0.717, 1.165) is 22.6 Å². The normalized spacial score (nSPS) is 10.7. The minimum absolute atomic E-state index is 1.03. The molecule has 0 N–H and O–H groups in total. The van der Waals surface area contributed by atoms with Gasteiger partial charge in [-0.1, -0.05) is 13.3 Å². The number of hydrogen-bond donors (Lipinski definition) is 0. The maximum Gasteiger partial charge on any atom is 0.0797 e. The molecule has 0 amide bonds. The van der Waals surface area contributed by atoms with Gasteiger partial charge in [0.05, 0.1) is 10.4 Å². The zero-order valence-corrected chi connectivity index (χ0v) is 12.8. The van der Waals surface area contributed by atoms with Crippen LogP contribution in [0.3, 0.4) is 0 Å². The summed E-state index contributed by atoms with van der Waals surface area (Å²) in [5.74, 6) is 0. The number of aryl methyl sites for hydroxylation is 1. The highest BCUT2D eigenvalue weighted by molar-refractivity contribution is 7.13. The zero-order valence-electron chi connectivity index (χ0n) is 12.0. The van der Waals surface area contributed by atoms with Crippen LogP contribution in [0.5, 0.6) is 0 Å². The summed E-state index contributed by atoms with van der Waals surface area (Å²) in [5, 5.41) is 0. The topological polar surface area (TPSA) is 38.7 Å². The molecule has 3 aromatic heterocycles. The van der Waals surface area contributed by atoms with Crippen molar-refractivity contribution in [2.75, 3.05) is 0 Å². The molecule has 0 spiro atoms. The van der Waals surface area contributed by atoms with Gasteiger partial charge in [-0.2, -0.15) is 0 Å². The molecule has 0 aliphatic heterocycles. The Balaban J connectivity index is 2.08. The maximum absolute atomic E-state index is 4.62. The van der Waals surface area contributed by atoms with E-state index in [1.165, 1.54) is 24.0 Å². The largest absolute Gasteiger partial charge is 0.265 e. The van der Waals surface area contributed by atoms with E-state index in [2.05, 4.69) is 27.9 Å². The molecule has 0 bridgehead atoms. The van der Waals surface area contributed by atoms with E-state index < -0.39 is 0 Å². The van der Waals surface area contributed by atoms with Crippen molar-refractivity contribution in [3.8, 4) is 21.6 Å². The Morgan fingerprint density at radius 1 is 1.05 bits per heavy atom. The highest BCUT2D eigenvalue weighted by Gasteiger charge is 2.11. The first-order chi connectivity index (χ1) is 10.4. The molecule has 3 aromatic rings. The Morgan fingerprint density at radius 3 is 2.62 bits per heavy atom. The summed E-state index contributed by atoms with van der Waals surface area (Å²) in [6, 6.07) is 6.30. The van der Waals surface area contributed by atoms with Crippen LogP contribution in [0, 0.1) is 0 Å². The van der Waals surface area contributed by atoms with Crippen LogP contribution >= 0.6 is 11.3 Å². The van der Waals surface area contributed by atoms with Crippen LogP contribution in [0.4, 0.5) is 0 Å². The summed E-state index contributed by atoms with van der Waals surface area (Å²) in [7, 11) is 0. The average molecular weight is 295 g/mol. The summed E-state index contributed by atoms with van der Waals surface area (Å²) < 4.78 is 0. The van der Waals surface area contributed by atoms with E-state index in [4.69, 9.17) is 0 Å². The molecule has 4 heteroatoms. The third-order valence-corrected chi connectivity index (χ3v) is 4.24. The molecule has 0 aromatic carbocycles. The number of pyridine rings is 2. The molecule has 0 aliphatic rings. The fourth-order valence-electron chi connectivity index (χ4n) is 2.31. The zero-order chi connectivity index (χ0) is 14.5. The number of thiazole rings is 1. The van der Waals surface area contributed by atoms with Gasteiger partial charge in [0.25, 0.3) is 0 Å². The monoisotopic (exact) mass is 295 g/mol. The first kappa shape index (κ1) is 13.9. The smallest absolute Gasteiger partial charge is 0.0797 e. The highest BCUT2D eigenvalue weighted by atomic mass is 32.1. The number of rotatable bonds is 5. The Labute approximate surface area is 128 Å². The number of unbranched alkanes of at least 4 members (excludes halogenated alkanes) is 1. The highest BCUT2D eigenvalue weighted by Crippen LogP contribution is 2.33. The van der Waals surface area contributed by atoms with Crippen molar-refractivity contribution in [3.05, 3.63) is 54.2 Å². The molecule has 0 radical (unpaired) electrons. The van der Waals surface area contributed by atoms with Gasteiger partial charge in [-0.05, 0) is 42.2 Å². The lowest BCUT2D eigenvalue weighted by atomic mass is 10.00. The molecular formula is C17H17N3S. The van der Waals surface area contributed by atoms with Gasteiger partial charge in [-0.3, -0.25) is 15.0 Å². The fraction of sp³-hybridized carbons (Fsp3) is 0.235. The van der Waals surface area contributed by atoms with Crippen LogP contribution in [0.25, 0.3) is 21.6 Å². The molecule has 0 aliphatic carbocycles. The van der Waals surface area contributed by atoms with Gasteiger partial charge in [0, 0.05) is 36.0 Å². The van der Waals surface area contributed by atoms with Crippen LogP contribution in [-0.4, -0.2) is 15.0 Å². The summed E-state index contributed by atoms with van der Waals surface area (Å²) >= 11 is 1.64. The van der Waals surface area contributed by atoms with E-state index in [1.807, 2.05) is 42.4 Å². The molecule has 0 fully saturated rings. The summed E-state index contributed by atoms with van der Waals surface area (Å²) in [5.41, 5.74) is 6.54. The van der Waals surface area contributed by atoms with Crippen molar-refractivity contribution < 1.29 is 0 Å². The van der Waals surface area contributed by atoms with Crippen LogP contribution in [-0.2, 0) is 6.42 Å². The summed E-state index contributed by atoms with van der Waals surface area (Å²) in [6.45, 7) is 2.20. The minimum atomic E-state index is 1.03. The van der Waals surface area contributed by atoms with Gasteiger partial charge in [-0.15, -0.1) is 11.3 Å². The van der Waals surface area contributed by atoms with E-state index in [0.29, 0.717) is 0 Å². The van der Waals surface area contributed by atoms with Crippen LogP contribution in [0.1, 0.15) is 25.5 Å². The predicted octanol–water partition coefficient (Wildman–Crippen LogP) is 4.61. The number of nitrogens with zero attached hydrogens (tertiary/aromatic N) is 3. The average Bonchev–Trinajstić information content (AvgIpc) is 3.08. The minimum Gasteiger partial charge on any atom is -0.265 e. The van der Waals surface area contributed by atoms with E-state index >= 15 is 0 Å². The number of hydrogen-bond acceptors (Lipinski definition) is 4. The van der Waals surface area contributed by atoms with E-state index in [1.54, 1.807) is 11.3 Å². The Hall–Kier alpha value is -2.07. The van der Waals surface area contributed by atoms with Gasteiger partial charge < -0.3 is 0 Å². The molecular weight excluding hydrogens is 278 g/mol. The quantitative estimate of drug-likeness (QED) is 0.690. The van der Waals surface area contributed by atoms with Crippen molar-refractivity contribution in [1.29, 1.82) is 0 Å². The van der Waals surface area contributed by atoms with E-state index in [9.17, 15) is 0 Å². The molecule has 3 rings (SSSR count). The van der Waals surface area contributed by atoms with Crippen LogP contribution < -0.4 is 0 Å². The lowest BCUT2D eigenvalue weighted by Crippen LogP contribution is -1.93. The lowest BCUT2D eigenvalue weighted by Gasteiger charge is -2.10. The first-order valence-corrected chi connectivity index (χ1v) is 8.04. The van der Waals surface area contributed by atoms with Crippen molar-refractivity contribution >= 4 is 11.3 Å². The van der Waals surface area contributed by atoms with Crippen molar-refractivity contribution in [2.45, 2.75) is 26.2 Å². The molecule has 0 unspecified atom stereocenters. The van der Waals surface area contributed by atoms with Crippen molar-refractivity contribution in [2.24, 2.45) is 0 Å². The van der Waals surface area contributed by atoms with Crippen LogP contribution in [0.2, 0.25) is 0 Å². The summed E-state index contributed by atoms with van der Waals surface area (Å²) in [4.78, 5) is 14.1. The van der Waals surface area contributed by atoms with Gasteiger partial charge in [0.15, 0.2) is 0 Å². The van der Waals surface area contributed by atoms with Gasteiger partial charge in [0.2, 0.25) is 0 Å². The Kier molecular flexibility index (Phi) is 4.36. The molecule has 0 atom stereocenters. The third-order valence-electron chi connectivity index (χ3n) is 3.44. The van der Waals surface area contributed by atoms with E-state index in [-0.39, 0.29) is 0 Å². The van der Waals surface area contributed by atoms with Crippen molar-refractivity contribution in [1.82, 2.24) is 15.0 Å². The fourth-order valence-corrected chi connectivity index (χ4v) is 2.96. The summed E-state index contributed by atoms with van der Waals surface area (Å²) in [6.07, 6.45) is 10.9. The second-order valence-corrected chi connectivity index (χ2v) is 5.81. The van der Waals surface area contributed by atoms with Gasteiger partial charge >= 0.3 is 0 Å². The molecule has 0 saturated heterocycles. The molecule has 0 saturated carbocycles. The second-order valence-electron chi connectivity index (χ2n) is 4.93. The first-order valence-electron chi connectivity index (χ1n) is 7.16. The standard InChI is InChI=1S/C17H17N3S/c1-2-3-4-14-9-15(13-5-7-18-8-6-13)16(10-20-14)17-11-19-12-21-17/h5-12H,2-4H2,1H3. The molecule has 3 heterocycles. The van der Waals surface area contributed by atoms with Crippen LogP contribution in [0.15, 0.2) is 48.5 Å². The Morgan fingerprint density at radius 2 is 1.90 bits per heavy atom. The third kappa shape index (κ3) is 3.16. The second kappa shape index (κ2) is 6.59. The van der Waals surface area contributed by atoms with Crippen molar-refractivity contribution in [3.63, 3.8) is 0 Å². The SMILES string of the molecule is CCCCc1cc(-c2ccncc2)c(-c2cncs2)cn1. The lowest BCUT2D eigenvalue weighted by molar-refractivity contribution is 0.777. The molecule has 3 nitrogen and oxygen atoms in total. The van der Waals surface area contributed by atoms with Gasteiger partial charge in [-0.25, -0.2) is 0 Å². The predicted molar refractivity (Wildman–Crippen MR) is 87.2 cm³/mol. The van der Waals surface area contributed by atoms with Gasteiger partial charge in [0.1, 0.15) is 0 Å². The Bertz CT molecular complexity index is 693. The molecule has 21 heavy (non-hydrogen) atoms. The maximum atomic E-state index is 4.62.